The minimum atomic E-state index is -0.308. The summed E-state index contributed by atoms with van der Waals surface area (Å²) < 4.78 is 0. The number of hydrogen-bond acceptors (Lipinski definition) is 3. The van der Waals surface area contributed by atoms with Crippen LogP contribution in [0.2, 0.25) is 0 Å². The molecule has 0 bridgehead atoms. The molecule has 1 rings (SSSR count). The number of aliphatic hydroxyl groups is 1. The first-order valence-electron chi connectivity index (χ1n) is 4.49. The fourth-order valence-electron chi connectivity index (χ4n) is 1.13. The highest BCUT2D eigenvalue weighted by Crippen LogP contribution is 2.22. The molecule has 0 aliphatic heterocycles. The third kappa shape index (κ3) is 3.14. The smallest absolute Gasteiger partial charge is 0.123 e. The third-order valence-electron chi connectivity index (χ3n) is 2.32. The topological polar surface area (TPSA) is 23.5 Å². The Morgan fingerprint density at radius 2 is 2.31 bits per heavy atom. The van der Waals surface area contributed by atoms with E-state index in [1.165, 1.54) is 0 Å². The van der Waals surface area contributed by atoms with Crippen LogP contribution in [0.25, 0.3) is 0 Å². The van der Waals surface area contributed by atoms with Gasteiger partial charge in [0.1, 0.15) is 7.85 Å². The zero-order valence-corrected chi connectivity index (χ0v) is 9.21. The minimum absolute atomic E-state index is 0.308. The average Bonchev–Trinajstić information content (AvgIpc) is 2.55. The fourth-order valence-corrected chi connectivity index (χ4v) is 1.86. The first kappa shape index (κ1) is 10.8. The largest absolute Gasteiger partial charge is 0.388 e. The van der Waals surface area contributed by atoms with Gasteiger partial charge in [-0.25, -0.2) is 0 Å². The predicted octanol–water partition coefficient (Wildman–Crippen LogP) is 0.692. The van der Waals surface area contributed by atoms with E-state index in [1.807, 2.05) is 31.6 Å². The van der Waals surface area contributed by atoms with Gasteiger partial charge in [-0.05, 0) is 37.9 Å². The van der Waals surface area contributed by atoms with Gasteiger partial charge in [0, 0.05) is 4.88 Å². The Labute approximate surface area is 84.6 Å². The summed E-state index contributed by atoms with van der Waals surface area (Å²) in [6.45, 7) is 0. The van der Waals surface area contributed by atoms with E-state index in [2.05, 4.69) is 12.7 Å². The molecule has 1 aromatic heterocycles. The Kier molecular flexibility index (Phi) is 3.97. The zero-order chi connectivity index (χ0) is 9.84. The van der Waals surface area contributed by atoms with E-state index in [9.17, 15) is 5.11 Å². The van der Waals surface area contributed by atoms with Gasteiger partial charge in [-0.1, -0.05) is 6.07 Å². The lowest BCUT2D eigenvalue weighted by atomic mass is 9.89. The molecule has 0 saturated carbocycles. The highest BCUT2D eigenvalue weighted by molar-refractivity contribution is 7.10. The maximum atomic E-state index is 9.81. The van der Waals surface area contributed by atoms with Crippen molar-refractivity contribution in [3.05, 3.63) is 22.4 Å². The summed E-state index contributed by atoms with van der Waals surface area (Å²) in [6.07, 6.45) is 0.491. The van der Waals surface area contributed by atoms with Crippen LogP contribution in [0.1, 0.15) is 17.4 Å². The molecule has 1 N–H and O–H groups in total. The van der Waals surface area contributed by atoms with E-state index in [1.54, 1.807) is 11.3 Å². The Morgan fingerprint density at radius 3 is 2.77 bits per heavy atom. The van der Waals surface area contributed by atoms with Crippen molar-refractivity contribution >= 4 is 19.2 Å². The van der Waals surface area contributed by atoms with Gasteiger partial charge in [0.05, 0.1) is 6.10 Å². The Hall–Kier alpha value is -0.315. The molecular weight excluding hydrogens is 181 g/mol. The van der Waals surface area contributed by atoms with Gasteiger partial charge in [0.15, 0.2) is 0 Å². The van der Waals surface area contributed by atoms with Gasteiger partial charge in [0.25, 0.3) is 0 Å². The minimum Gasteiger partial charge on any atom is -0.388 e. The molecule has 0 saturated heterocycles. The van der Waals surface area contributed by atoms with E-state index in [-0.39, 0.29) is 6.10 Å². The van der Waals surface area contributed by atoms with Crippen molar-refractivity contribution in [3.8, 4) is 0 Å². The Morgan fingerprint density at radius 1 is 1.62 bits per heavy atom. The van der Waals surface area contributed by atoms with Crippen LogP contribution in [0.5, 0.6) is 0 Å². The Bertz CT molecular complexity index is 238. The Balaban J connectivity index is 2.46. The molecule has 0 spiro atoms. The summed E-state index contributed by atoms with van der Waals surface area (Å²) in [5.74, 6) is 0.414. The van der Waals surface area contributed by atoms with E-state index in [0.29, 0.717) is 5.94 Å². The molecule has 1 aromatic rings. The second kappa shape index (κ2) is 4.79. The summed E-state index contributed by atoms with van der Waals surface area (Å²) in [5, 5.41) is 11.8. The maximum Gasteiger partial charge on any atom is 0.123 e. The van der Waals surface area contributed by atoms with E-state index >= 15 is 0 Å². The van der Waals surface area contributed by atoms with E-state index in [0.717, 1.165) is 11.3 Å². The second-order valence-corrected chi connectivity index (χ2v) is 4.56. The van der Waals surface area contributed by atoms with Crippen molar-refractivity contribution in [2.75, 3.05) is 14.1 Å². The predicted molar refractivity (Wildman–Crippen MR) is 59.9 cm³/mol. The molecule has 2 nitrogen and oxygen atoms in total. The number of aliphatic hydroxyl groups excluding tert-OH is 1. The van der Waals surface area contributed by atoms with Gasteiger partial charge >= 0.3 is 0 Å². The van der Waals surface area contributed by atoms with Crippen LogP contribution >= 0.6 is 11.3 Å². The first-order valence-corrected chi connectivity index (χ1v) is 5.37. The molecule has 1 heterocycles. The van der Waals surface area contributed by atoms with Gasteiger partial charge in [0.2, 0.25) is 0 Å². The van der Waals surface area contributed by atoms with E-state index in [4.69, 9.17) is 0 Å². The van der Waals surface area contributed by atoms with Crippen molar-refractivity contribution in [1.29, 1.82) is 0 Å². The van der Waals surface area contributed by atoms with Crippen molar-refractivity contribution in [3.63, 3.8) is 0 Å². The van der Waals surface area contributed by atoms with Crippen LogP contribution in [0.15, 0.2) is 17.5 Å². The number of thiophene rings is 1. The van der Waals surface area contributed by atoms with Gasteiger partial charge in [-0.2, -0.15) is 0 Å². The molecule has 0 radical (unpaired) electrons. The highest BCUT2D eigenvalue weighted by Gasteiger charge is 2.14. The lowest BCUT2D eigenvalue weighted by Crippen LogP contribution is -2.29. The molecule has 0 aliphatic rings. The third-order valence-corrected chi connectivity index (χ3v) is 3.29. The van der Waals surface area contributed by atoms with Crippen LogP contribution in [0, 0.1) is 0 Å². The fraction of sp³-hybridized carbons (Fsp3) is 0.556. The zero-order valence-electron chi connectivity index (χ0n) is 8.40. The lowest BCUT2D eigenvalue weighted by Gasteiger charge is -2.22. The molecule has 0 aliphatic carbocycles. The van der Waals surface area contributed by atoms with E-state index < -0.39 is 0 Å². The lowest BCUT2D eigenvalue weighted by molar-refractivity contribution is 0.149. The van der Waals surface area contributed by atoms with Crippen molar-refractivity contribution in [2.24, 2.45) is 0 Å². The van der Waals surface area contributed by atoms with Crippen LogP contribution in [0.4, 0.5) is 0 Å². The summed E-state index contributed by atoms with van der Waals surface area (Å²) in [7, 11) is 6.19. The number of rotatable bonds is 4. The van der Waals surface area contributed by atoms with Crippen molar-refractivity contribution in [2.45, 2.75) is 18.5 Å². The maximum absolute atomic E-state index is 9.81. The molecule has 13 heavy (non-hydrogen) atoms. The SMILES string of the molecule is BC(CC(O)c1cccs1)N(C)C. The standard InChI is InChI=1S/C9H16BNOS/c1-11(2)9(10)6-7(12)8-4-3-5-13-8/h3-5,7,9,12H,6,10H2,1-2H3. The number of nitrogens with zero attached hydrogens (tertiary/aromatic N) is 1. The highest BCUT2D eigenvalue weighted by atomic mass is 32.1. The molecule has 2 atom stereocenters. The number of hydrogen-bond donors (Lipinski definition) is 1. The van der Waals surface area contributed by atoms with Crippen LogP contribution in [0.3, 0.4) is 0 Å². The second-order valence-electron chi connectivity index (χ2n) is 3.58. The van der Waals surface area contributed by atoms with Gasteiger partial charge < -0.3 is 10.0 Å². The molecule has 0 fully saturated rings. The summed E-state index contributed by atoms with van der Waals surface area (Å²) in [4.78, 5) is 3.19. The van der Waals surface area contributed by atoms with Crippen molar-refractivity contribution in [1.82, 2.24) is 4.90 Å². The quantitative estimate of drug-likeness (QED) is 0.718. The molecular formula is C9H16BNOS. The van der Waals surface area contributed by atoms with Gasteiger partial charge in [-0.15, -0.1) is 11.3 Å². The molecule has 0 aromatic carbocycles. The molecule has 4 heteroatoms. The summed E-state index contributed by atoms with van der Waals surface area (Å²) in [6, 6.07) is 3.96. The summed E-state index contributed by atoms with van der Waals surface area (Å²) in [5.41, 5.74) is 0. The summed E-state index contributed by atoms with van der Waals surface area (Å²) >= 11 is 1.62. The van der Waals surface area contributed by atoms with Gasteiger partial charge in [-0.3, -0.25) is 0 Å². The molecule has 72 valence electrons. The first-order chi connectivity index (χ1) is 6.11. The van der Waals surface area contributed by atoms with Crippen LogP contribution in [-0.4, -0.2) is 37.9 Å². The normalized spacial score (nSPS) is 16.0. The monoisotopic (exact) mass is 197 g/mol. The average molecular weight is 197 g/mol. The van der Waals surface area contributed by atoms with Crippen molar-refractivity contribution < 1.29 is 5.11 Å². The molecule has 0 amide bonds. The van der Waals surface area contributed by atoms with Crippen LogP contribution in [-0.2, 0) is 0 Å². The van der Waals surface area contributed by atoms with Crippen LogP contribution < -0.4 is 0 Å². The molecule has 2 unspecified atom stereocenters.